The summed E-state index contributed by atoms with van der Waals surface area (Å²) < 4.78 is 21.2. The van der Waals surface area contributed by atoms with Crippen LogP contribution >= 0.6 is 11.3 Å². The van der Waals surface area contributed by atoms with Crippen molar-refractivity contribution in [1.29, 1.82) is 0 Å². The summed E-state index contributed by atoms with van der Waals surface area (Å²) in [6.45, 7) is 3.52. The minimum atomic E-state index is -0.340. The molecular weight excluding hydrogens is 468 g/mol. The molecule has 0 radical (unpaired) electrons. The maximum atomic E-state index is 13.5. The molecule has 2 amide bonds. The van der Waals surface area contributed by atoms with E-state index in [0.29, 0.717) is 37.6 Å². The van der Waals surface area contributed by atoms with Gasteiger partial charge in [0.1, 0.15) is 6.54 Å². The number of thiophene rings is 1. The molecule has 0 saturated carbocycles. The first-order valence-electron chi connectivity index (χ1n) is 11.3. The van der Waals surface area contributed by atoms with Crippen LogP contribution in [0.15, 0.2) is 52.5 Å². The number of ether oxygens (including phenoxy) is 3. The summed E-state index contributed by atoms with van der Waals surface area (Å²) >= 11 is 1.62. The molecular formula is C26H32N2O6S. The molecule has 9 heteroatoms. The van der Waals surface area contributed by atoms with Crippen LogP contribution in [0.25, 0.3) is 0 Å². The van der Waals surface area contributed by atoms with Gasteiger partial charge in [-0.25, -0.2) is 0 Å². The molecule has 0 atom stereocenters. The number of benzene rings is 1. The van der Waals surface area contributed by atoms with E-state index in [2.05, 4.69) is 0 Å². The Kier molecular flexibility index (Phi) is 9.75. The lowest BCUT2D eigenvalue weighted by molar-refractivity contribution is -0.132. The van der Waals surface area contributed by atoms with Crippen LogP contribution in [0.4, 0.5) is 0 Å². The molecule has 0 N–H and O–H groups in total. The fourth-order valence-corrected chi connectivity index (χ4v) is 4.53. The third kappa shape index (κ3) is 7.10. The third-order valence-corrected chi connectivity index (χ3v) is 6.69. The summed E-state index contributed by atoms with van der Waals surface area (Å²) in [4.78, 5) is 30.8. The molecule has 35 heavy (non-hydrogen) atoms. The van der Waals surface area contributed by atoms with Crippen molar-refractivity contribution < 1.29 is 28.2 Å². The second-order valence-corrected chi connectivity index (χ2v) is 8.98. The Morgan fingerprint density at radius 3 is 2.43 bits per heavy atom. The number of hydrogen-bond donors (Lipinski definition) is 0. The van der Waals surface area contributed by atoms with E-state index >= 15 is 0 Å². The molecule has 2 aromatic heterocycles. The zero-order valence-electron chi connectivity index (χ0n) is 20.6. The van der Waals surface area contributed by atoms with E-state index in [9.17, 15) is 9.59 Å². The van der Waals surface area contributed by atoms with Crippen molar-refractivity contribution >= 4 is 23.2 Å². The highest BCUT2D eigenvalue weighted by Gasteiger charge is 2.24. The van der Waals surface area contributed by atoms with E-state index in [0.717, 1.165) is 16.0 Å². The summed E-state index contributed by atoms with van der Waals surface area (Å²) in [5.74, 6) is 1.01. The lowest BCUT2D eigenvalue weighted by atomic mass is 10.1. The third-order valence-electron chi connectivity index (χ3n) is 5.68. The SMILES string of the molecule is COCCN(CC(=O)N(CCc1ccc(OC)c(OC)c1)Cc1sccc1C)C(=O)c1ccco1. The first-order chi connectivity index (χ1) is 17.0. The smallest absolute Gasteiger partial charge is 0.290 e. The molecule has 188 valence electrons. The Hall–Kier alpha value is -3.30. The topological polar surface area (TPSA) is 81.5 Å². The number of rotatable bonds is 13. The second-order valence-electron chi connectivity index (χ2n) is 7.98. The molecule has 0 saturated heterocycles. The number of aryl methyl sites for hydroxylation is 1. The Morgan fingerprint density at radius 1 is 1.00 bits per heavy atom. The van der Waals surface area contributed by atoms with Gasteiger partial charge in [0, 0.05) is 25.1 Å². The highest BCUT2D eigenvalue weighted by molar-refractivity contribution is 7.10. The fourth-order valence-electron chi connectivity index (χ4n) is 3.60. The molecule has 0 unspecified atom stereocenters. The quantitative estimate of drug-likeness (QED) is 0.353. The minimum Gasteiger partial charge on any atom is -0.493 e. The maximum Gasteiger partial charge on any atom is 0.290 e. The molecule has 0 aliphatic carbocycles. The van der Waals surface area contributed by atoms with Gasteiger partial charge in [-0.15, -0.1) is 11.3 Å². The van der Waals surface area contributed by atoms with Crippen molar-refractivity contribution in [3.05, 3.63) is 69.8 Å². The molecule has 0 bridgehead atoms. The largest absolute Gasteiger partial charge is 0.493 e. The fraction of sp³-hybridized carbons (Fsp3) is 0.385. The highest BCUT2D eigenvalue weighted by Crippen LogP contribution is 2.28. The van der Waals surface area contributed by atoms with Gasteiger partial charge in [-0.05, 0) is 60.2 Å². The van der Waals surface area contributed by atoms with Crippen molar-refractivity contribution in [1.82, 2.24) is 9.80 Å². The molecule has 3 rings (SSSR count). The van der Waals surface area contributed by atoms with E-state index in [1.165, 1.54) is 11.2 Å². The molecule has 0 aliphatic heterocycles. The van der Waals surface area contributed by atoms with Crippen molar-refractivity contribution in [2.75, 3.05) is 47.6 Å². The summed E-state index contributed by atoms with van der Waals surface area (Å²) in [6.07, 6.45) is 2.07. The molecule has 3 aromatic rings. The van der Waals surface area contributed by atoms with E-state index in [1.807, 2.05) is 36.6 Å². The first kappa shape index (κ1) is 26.3. The maximum absolute atomic E-state index is 13.5. The highest BCUT2D eigenvalue weighted by atomic mass is 32.1. The summed E-state index contributed by atoms with van der Waals surface area (Å²) in [5.41, 5.74) is 2.16. The van der Waals surface area contributed by atoms with Gasteiger partial charge >= 0.3 is 0 Å². The van der Waals surface area contributed by atoms with Gasteiger partial charge in [0.05, 0.1) is 33.6 Å². The van der Waals surface area contributed by atoms with Gasteiger partial charge in [0.15, 0.2) is 17.3 Å². The molecule has 0 aliphatic rings. The number of furan rings is 1. The van der Waals surface area contributed by atoms with Crippen LogP contribution in [-0.2, 0) is 22.5 Å². The van der Waals surface area contributed by atoms with Crippen LogP contribution in [0, 0.1) is 6.92 Å². The second kappa shape index (κ2) is 13.0. The minimum absolute atomic E-state index is 0.0702. The molecule has 8 nitrogen and oxygen atoms in total. The monoisotopic (exact) mass is 500 g/mol. The number of hydrogen-bond acceptors (Lipinski definition) is 7. The summed E-state index contributed by atoms with van der Waals surface area (Å²) in [7, 11) is 4.76. The molecule has 1 aromatic carbocycles. The standard InChI is InChI=1S/C26H32N2O6S/c1-19-10-15-35-24(19)17-27(11-9-20-7-8-21(32-3)23(16-20)33-4)25(29)18-28(12-14-31-2)26(30)22-6-5-13-34-22/h5-8,10,13,15-16H,9,11-12,14,17-18H2,1-4H3. The van der Waals surface area contributed by atoms with Crippen LogP contribution in [0.1, 0.15) is 26.6 Å². The zero-order chi connectivity index (χ0) is 25.2. The predicted octanol–water partition coefficient (Wildman–Crippen LogP) is 4.03. The van der Waals surface area contributed by atoms with Crippen LogP contribution in [0.5, 0.6) is 11.5 Å². The van der Waals surface area contributed by atoms with E-state index in [4.69, 9.17) is 18.6 Å². The van der Waals surface area contributed by atoms with Gasteiger partial charge < -0.3 is 28.4 Å². The average Bonchev–Trinajstić information content (AvgIpc) is 3.55. The van der Waals surface area contributed by atoms with Crippen molar-refractivity contribution in [3.63, 3.8) is 0 Å². The van der Waals surface area contributed by atoms with Crippen LogP contribution in [0.2, 0.25) is 0 Å². The number of nitrogens with zero attached hydrogens (tertiary/aromatic N) is 2. The number of methoxy groups -OCH3 is 3. The number of carbonyl (C=O) groups is 2. The first-order valence-corrected chi connectivity index (χ1v) is 12.2. The molecule has 0 spiro atoms. The lowest BCUT2D eigenvalue weighted by Gasteiger charge is -2.27. The van der Waals surface area contributed by atoms with E-state index in [-0.39, 0.29) is 30.7 Å². The lowest BCUT2D eigenvalue weighted by Crippen LogP contribution is -2.44. The average molecular weight is 501 g/mol. The predicted molar refractivity (Wildman–Crippen MR) is 134 cm³/mol. The van der Waals surface area contributed by atoms with Crippen LogP contribution in [0.3, 0.4) is 0 Å². The van der Waals surface area contributed by atoms with Gasteiger partial charge in [-0.1, -0.05) is 6.07 Å². The number of amides is 2. The van der Waals surface area contributed by atoms with Gasteiger partial charge in [-0.2, -0.15) is 0 Å². The Balaban J connectivity index is 1.77. The Bertz CT molecular complexity index is 1100. The Morgan fingerprint density at radius 2 is 1.80 bits per heavy atom. The van der Waals surface area contributed by atoms with E-state index < -0.39 is 0 Å². The van der Waals surface area contributed by atoms with Crippen molar-refractivity contribution in [2.24, 2.45) is 0 Å². The van der Waals surface area contributed by atoms with Crippen molar-refractivity contribution in [3.8, 4) is 11.5 Å². The van der Waals surface area contributed by atoms with Gasteiger partial charge in [0.25, 0.3) is 5.91 Å². The zero-order valence-corrected chi connectivity index (χ0v) is 21.4. The normalized spacial score (nSPS) is 10.7. The summed E-state index contributed by atoms with van der Waals surface area (Å²) in [6, 6.07) is 11.0. The van der Waals surface area contributed by atoms with Crippen LogP contribution < -0.4 is 9.47 Å². The van der Waals surface area contributed by atoms with Gasteiger partial charge in [0.2, 0.25) is 5.91 Å². The summed E-state index contributed by atoms with van der Waals surface area (Å²) in [5, 5.41) is 2.02. The van der Waals surface area contributed by atoms with Gasteiger partial charge in [-0.3, -0.25) is 9.59 Å². The molecule has 0 fully saturated rings. The van der Waals surface area contributed by atoms with E-state index in [1.54, 1.807) is 49.7 Å². The van der Waals surface area contributed by atoms with Crippen LogP contribution in [-0.4, -0.2) is 69.2 Å². The molecule has 2 heterocycles. The Labute approximate surface area is 210 Å². The van der Waals surface area contributed by atoms with Crippen molar-refractivity contribution in [2.45, 2.75) is 19.9 Å². The number of carbonyl (C=O) groups excluding carboxylic acids is 2.